The van der Waals surface area contributed by atoms with Crippen LogP contribution >= 0.6 is 0 Å². The Hall–Kier alpha value is -1.02. The van der Waals surface area contributed by atoms with Crippen molar-refractivity contribution < 1.29 is 9.59 Å². The van der Waals surface area contributed by atoms with Crippen LogP contribution in [0, 0.1) is 0 Å². The summed E-state index contributed by atoms with van der Waals surface area (Å²) >= 11 is 0. The summed E-state index contributed by atoms with van der Waals surface area (Å²) in [6.45, 7) is 9.97. The number of hydrogen-bond acceptors (Lipinski definition) is 1. The first kappa shape index (κ1) is 11.0. The zero-order valence-corrected chi connectivity index (χ0v) is 7.74. The molecule has 0 spiro atoms. The summed E-state index contributed by atoms with van der Waals surface area (Å²) in [5.41, 5.74) is 0. The van der Waals surface area contributed by atoms with Crippen LogP contribution in [0.1, 0.15) is 0 Å². The van der Waals surface area contributed by atoms with E-state index in [0.29, 0.717) is 0 Å². The molecule has 0 aliphatic heterocycles. The van der Waals surface area contributed by atoms with E-state index >= 15 is 0 Å². The van der Waals surface area contributed by atoms with Crippen molar-refractivity contribution in [3.8, 4) is 0 Å². The molecule has 0 rings (SSSR count). The van der Waals surface area contributed by atoms with Gasteiger partial charge in [0.15, 0.2) is 0 Å². The quantitative estimate of drug-likeness (QED) is 0.365. The summed E-state index contributed by atoms with van der Waals surface area (Å²) in [7, 11) is 2.10. The minimum absolute atomic E-state index is 0.800. The van der Waals surface area contributed by atoms with Gasteiger partial charge in [0.25, 0.3) is 0 Å². The van der Waals surface area contributed by atoms with Gasteiger partial charge in [-0.2, -0.15) is 0 Å². The van der Waals surface area contributed by atoms with E-state index in [0.717, 1.165) is 30.4 Å². The lowest BCUT2D eigenvalue weighted by atomic mass is 10.3. The fourth-order valence-corrected chi connectivity index (χ4v) is 1.15. The molecule has 0 fully saturated rings. The van der Waals surface area contributed by atoms with Crippen LogP contribution in [0.2, 0.25) is 0 Å². The number of likely N-dealkylation sites (N-methyl/N-ethyl adjacent to an activating group) is 1. The number of aliphatic hydroxyl groups is 1. The van der Waals surface area contributed by atoms with Gasteiger partial charge < -0.3 is 9.59 Å². The number of rotatable bonds is 6. The van der Waals surface area contributed by atoms with Gasteiger partial charge in [0.2, 0.25) is 0 Å². The van der Waals surface area contributed by atoms with E-state index in [1.54, 1.807) is 6.08 Å². The van der Waals surface area contributed by atoms with Crippen LogP contribution in [-0.2, 0) is 0 Å². The number of hydrogen-bond donors (Lipinski definition) is 1. The molecule has 0 saturated heterocycles. The second-order valence-corrected chi connectivity index (χ2v) is 3.13. The number of quaternary nitrogens is 1. The average Bonchev–Trinajstić information content (AvgIpc) is 2.02. The van der Waals surface area contributed by atoms with Crippen molar-refractivity contribution in [1.82, 2.24) is 0 Å². The first-order chi connectivity index (χ1) is 5.68. The predicted molar refractivity (Wildman–Crippen MR) is 52.9 cm³/mol. The van der Waals surface area contributed by atoms with Crippen LogP contribution in [0.5, 0.6) is 0 Å². The van der Waals surface area contributed by atoms with Gasteiger partial charge in [-0.3, -0.25) is 0 Å². The molecule has 0 heterocycles. The summed E-state index contributed by atoms with van der Waals surface area (Å²) in [5.74, 6) is 0. The summed E-state index contributed by atoms with van der Waals surface area (Å²) in [5, 5.41) is 8.52. The molecule has 68 valence electrons. The number of nitrogens with zero attached hydrogens (tertiary/aromatic N) is 1. The first-order valence-electron chi connectivity index (χ1n) is 4.03. The lowest BCUT2D eigenvalue weighted by Crippen LogP contribution is -2.44. The number of aliphatic hydroxyl groups excluding tert-OH is 1. The maximum absolute atomic E-state index is 8.52. The first-order valence-corrected chi connectivity index (χ1v) is 4.03. The van der Waals surface area contributed by atoms with Gasteiger partial charge in [0.1, 0.15) is 6.54 Å². The van der Waals surface area contributed by atoms with Gasteiger partial charge in [-0.15, -0.1) is 0 Å². The molecular formula is C10H18NO+. The van der Waals surface area contributed by atoms with Crippen molar-refractivity contribution >= 4 is 0 Å². The van der Waals surface area contributed by atoms with Crippen molar-refractivity contribution in [2.24, 2.45) is 0 Å². The molecule has 0 aromatic carbocycles. The fourth-order valence-electron chi connectivity index (χ4n) is 1.15. The molecule has 0 aromatic heterocycles. The summed E-state index contributed by atoms with van der Waals surface area (Å²) in [4.78, 5) is 0. The molecule has 0 radical (unpaired) electrons. The molecule has 0 unspecified atom stereocenters. The predicted octanol–water partition coefficient (Wildman–Crippen LogP) is 1.88. The van der Waals surface area contributed by atoms with Crippen molar-refractivity contribution in [2.45, 2.75) is 0 Å². The molecule has 0 aliphatic rings. The molecule has 0 aromatic rings. The highest BCUT2D eigenvalue weighted by Crippen LogP contribution is 2.02. The van der Waals surface area contributed by atoms with Crippen molar-refractivity contribution in [3.63, 3.8) is 0 Å². The highest BCUT2D eigenvalue weighted by atomic mass is 16.2. The Morgan fingerprint density at radius 1 is 1.17 bits per heavy atom. The van der Waals surface area contributed by atoms with Crippen molar-refractivity contribution in [2.75, 3.05) is 26.7 Å². The van der Waals surface area contributed by atoms with E-state index in [4.69, 9.17) is 5.11 Å². The third kappa shape index (κ3) is 3.98. The molecule has 1 N–H and O–H groups in total. The van der Waals surface area contributed by atoms with Crippen LogP contribution in [0.15, 0.2) is 37.6 Å². The molecule has 0 bridgehead atoms. The largest absolute Gasteiger partial charge is 0.516 e. The van der Waals surface area contributed by atoms with Gasteiger partial charge in [-0.25, -0.2) is 0 Å². The van der Waals surface area contributed by atoms with Crippen LogP contribution in [0.25, 0.3) is 0 Å². The standard InChI is InChI=1S/C10H17NO/c1-4-7-11(3,8-5-2)9-6-10-12/h4-6,10H,1-2,7-9H2,3H3/p+1. The van der Waals surface area contributed by atoms with E-state index in [9.17, 15) is 0 Å². The Balaban J connectivity index is 4.15. The van der Waals surface area contributed by atoms with Gasteiger partial charge >= 0.3 is 0 Å². The Bertz CT molecular complexity index is 163. The molecule has 12 heavy (non-hydrogen) atoms. The lowest BCUT2D eigenvalue weighted by Gasteiger charge is -2.30. The van der Waals surface area contributed by atoms with E-state index in [-0.39, 0.29) is 0 Å². The minimum Gasteiger partial charge on any atom is -0.516 e. The van der Waals surface area contributed by atoms with E-state index in [1.807, 2.05) is 12.2 Å². The minimum atomic E-state index is 0.800. The topological polar surface area (TPSA) is 20.2 Å². The van der Waals surface area contributed by atoms with Gasteiger partial charge in [-0.05, 0) is 12.2 Å². The van der Waals surface area contributed by atoms with E-state index in [1.165, 1.54) is 0 Å². The Morgan fingerprint density at radius 2 is 1.67 bits per heavy atom. The Kier molecular flexibility index (Phi) is 5.13. The zero-order chi connectivity index (χ0) is 9.45. The van der Waals surface area contributed by atoms with Crippen LogP contribution < -0.4 is 0 Å². The highest BCUT2D eigenvalue weighted by Gasteiger charge is 2.15. The molecule has 2 heteroatoms. The van der Waals surface area contributed by atoms with Gasteiger partial charge in [0.05, 0.1) is 26.4 Å². The van der Waals surface area contributed by atoms with E-state index in [2.05, 4.69) is 20.2 Å². The second-order valence-electron chi connectivity index (χ2n) is 3.13. The Labute approximate surface area is 74.7 Å². The highest BCUT2D eigenvalue weighted by molar-refractivity contribution is 4.76. The van der Waals surface area contributed by atoms with Crippen LogP contribution in [0.4, 0.5) is 0 Å². The van der Waals surface area contributed by atoms with Crippen molar-refractivity contribution in [3.05, 3.63) is 37.6 Å². The fraction of sp³-hybridized carbons (Fsp3) is 0.400. The molecule has 0 saturated carbocycles. The Morgan fingerprint density at radius 3 is 2.00 bits per heavy atom. The maximum atomic E-state index is 8.52. The third-order valence-corrected chi connectivity index (χ3v) is 1.79. The van der Waals surface area contributed by atoms with Crippen LogP contribution in [-0.4, -0.2) is 36.3 Å². The third-order valence-electron chi connectivity index (χ3n) is 1.79. The van der Waals surface area contributed by atoms with Gasteiger partial charge in [-0.1, -0.05) is 13.2 Å². The maximum Gasteiger partial charge on any atom is 0.101 e. The zero-order valence-electron chi connectivity index (χ0n) is 7.74. The average molecular weight is 168 g/mol. The summed E-state index contributed by atoms with van der Waals surface area (Å²) < 4.78 is 0.810. The molecule has 0 amide bonds. The molecule has 2 nitrogen and oxygen atoms in total. The smallest absolute Gasteiger partial charge is 0.101 e. The summed E-state index contributed by atoms with van der Waals surface area (Å²) in [6.07, 6.45) is 6.60. The SMILES string of the molecule is C=CC[N+](C)(CC=C)CC=CO. The second kappa shape index (κ2) is 5.61. The summed E-state index contributed by atoms with van der Waals surface area (Å²) in [6, 6.07) is 0. The van der Waals surface area contributed by atoms with Crippen LogP contribution in [0.3, 0.4) is 0 Å². The molecular weight excluding hydrogens is 150 g/mol. The van der Waals surface area contributed by atoms with E-state index < -0.39 is 0 Å². The molecule has 0 atom stereocenters. The molecule has 0 aliphatic carbocycles. The lowest BCUT2D eigenvalue weighted by molar-refractivity contribution is -0.892. The van der Waals surface area contributed by atoms with Crippen molar-refractivity contribution in [1.29, 1.82) is 0 Å². The monoisotopic (exact) mass is 168 g/mol. The van der Waals surface area contributed by atoms with Gasteiger partial charge in [0, 0.05) is 6.08 Å². The normalized spacial score (nSPS) is 11.8.